The first-order chi connectivity index (χ1) is 8.86. The maximum absolute atomic E-state index is 5.76. The molecule has 0 aliphatic heterocycles. The highest BCUT2D eigenvalue weighted by molar-refractivity contribution is 5.81. The number of nitrogens with zero attached hydrogens (tertiary/aromatic N) is 1. The zero-order valence-corrected chi connectivity index (χ0v) is 10.2. The van der Waals surface area contributed by atoms with Crippen LogP contribution in [-0.2, 0) is 6.54 Å². The van der Waals surface area contributed by atoms with Crippen LogP contribution in [0.25, 0.3) is 22.6 Å². The molecule has 18 heavy (non-hydrogen) atoms. The lowest BCUT2D eigenvalue weighted by Gasteiger charge is -1.96. The van der Waals surface area contributed by atoms with Crippen molar-refractivity contribution in [1.82, 2.24) is 15.3 Å². The summed E-state index contributed by atoms with van der Waals surface area (Å²) in [4.78, 5) is 7.60. The van der Waals surface area contributed by atoms with Crippen LogP contribution in [-0.4, -0.2) is 16.5 Å². The molecule has 0 aliphatic carbocycles. The Kier molecular flexibility index (Phi) is 2.86. The number of aromatic nitrogens is 2. The molecule has 0 atom stereocenters. The van der Waals surface area contributed by atoms with Crippen molar-refractivity contribution >= 4 is 11.0 Å². The van der Waals surface area contributed by atoms with Crippen LogP contribution in [0.15, 0.2) is 40.9 Å². The van der Waals surface area contributed by atoms with Gasteiger partial charge in [0.2, 0.25) is 0 Å². The molecule has 3 rings (SSSR count). The minimum Gasteiger partial charge on any atom is -0.453 e. The first kappa shape index (κ1) is 11.0. The normalized spacial score (nSPS) is 11.2. The lowest BCUT2D eigenvalue weighted by molar-refractivity contribution is 0.625. The van der Waals surface area contributed by atoms with Crippen molar-refractivity contribution in [2.45, 2.75) is 13.5 Å². The van der Waals surface area contributed by atoms with Crippen LogP contribution in [0.5, 0.6) is 0 Å². The zero-order valence-electron chi connectivity index (χ0n) is 10.2. The lowest BCUT2D eigenvalue weighted by Crippen LogP contribution is -2.11. The van der Waals surface area contributed by atoms with E-state index in [1.165, 1.54) is 0 Å². The van der Waals surface area contributed by atoms with Crippen molar-refractivity contribution in [2.75, 3.05) is 6.54 Å². The molecule has 4 nitrogen and oxygen atoms in total. The zero-order chi connectivity index (χ0) is 12.4. The molecule has 1 aromatic carbocycles. The van der Waals surface area contributed by atoms with Gasteiger partial charge < -0.3 is 14.7 Å². The van der Waals surface area contributed by atoms with E-state index in [4.69, 9.17) is 4.42 Å². The van der Waals surface area contributed by atoms with E-state index in [2.05, 4.69) is 22.2 Å². The van der Waals surface area contributed by atoms with E-state index in [0.29, 0.717) is 0 Å². The Balaban J connectivity index is 1.91. The average molecular weight is 241 g/mol. The molecule has 2 aromatic heterocycles. The van der Waals surface area contributed by atoms with Crippen LogP contribution in [0.3, 0.4) is 0 Å². The number of para-hydroxylation sites is 1. The Hall–Kier alpha value is -2.07. The minimum absolute atomic E-state index is 0.777. The van der Waals surface area contributed by atoms with Crippen LogP contribution >= 0.6 is 0 Å². The Morgan fingerprint density at radius 2 is 2.22 bits per heavy atom. The molecule has 0 radical (unpaired) electrons. The molecule has 0 unspecified atom stereocenters. The van der Waals surface area contributed by atoms with Crippen LogP contribution in [0.2, 0.25) is 0 Å². The number of rotatable bonds is 4. The van der Waals surface area contributed by atoms with E-state index < -0.39 is 0 Å². The van der Waals surface area contributed by atoms with Gasteiger partial charge in [-0.25, -0.2) is 4.98 Å². The fourth-order valence-electron chi connectivity index (χ4n) is 1.93. The van der Waals surface area contributed by atoms with Crippen LogP contribution in [0.4, 0.5) is 0 Å². The Labute approximate surface area is 105 Å². The van der Waals surface area contributed by atoms with E-state index in [0.717, 1.165) is 41.3 Å². The summed E-state index contributed by atoms with van der Waals surface area (Å²) in [7, 11) is 0. The summed E-state index contributed by atoms with van der Waals surface area (Å²) >= 11 is 0. The molecule has 0 saturated carbocycles. The van der Waals surface area contributed by atoms with Crippen molar-refractivity contribution < 1.29 is 4.42 Å². The van der Waals surface area contributed by atoms with Gasteiger partial charge in [-0.05, 0) is 18.7 Å². The van der Waals surface area contributed by atoms with E-state index in [-0.39, 0.29) is 0 Å². The van der Waals surface area contributed by atoms with E-state index in [1.807, 2.05) is 36.5 Å². The average Bonchev–Trinajstić information content (AvgIpc) is 3.02. The molecule has 0 aliphatic rings. The topological polar surface area (TPSA) is 53.9 Å². The fourth-order valence-corrected chi connectivity index (χ4v) is 1.93. The summed E-state index contributed by atoms with van der Waals surface area (Å²) in [5, 5.41) is 4.35. The minimum atomic E-state index is 0.777. The predicted molar refractivity (Wildman–Crippen MR) is 71.2 cm³/mol. The summed E-state index contributed by atoms with van der Waals surface area (Å²) in [6, 6.07) is 9.96. The van der Waals surface area contributed by atoms with Gasteiger partial charge in [-0.3, -0.25) is 0 Å². The van der Waals surface area contributed by atoms with E-state index in [9.17, 15) is 0 Å². The molecule has 2 heterocycles. The second-order valence-corrected chi connectivity index (χ2v) is 4.19. The first-order valence-corrected chi connectivity index (χ1v) is 6.10. The highest BCUT2D eigenvalue weighted by Gasteiger charge is 2.09. The van der Waals surface area contributed by atoms with Gasteiger partial charge in [0, 0.05) is 17.6 Å². The van der Waals surface area contributed by atoms with E-state index >= 15 is 0 Å². The predicted octanol–water partition coefficient (Wildman–Crippen LogP) is 2.93. The largest absolute Gasteiger partial charge is 0.453 e. The van der Waals surface area contributed by atoms with Crippen LogP contribution < -0.4 is 5.32 Å². The molecule has 0 fully saturated rings. The molecule has 4 heteroatoms. The first-order valence-electron chi connectivity index (χ1n) is 6.10. The second-order valence-electron chi connectivity index (χ2n) is 4.19. The Bertz CT molecular complexity index is 621. The third-order valence-electron chi connectivity index (χ3n) is 2.85. The maximum Gasteiger partial charge on any atom is 0.173 e. The number of hydrogen-bond donors (Lipinski definition) is 2. The highest BCUT2D eigenvalue weighted by atomic mass is 16.3. The number of imidazole rings is 1. The number of benzene rings is 1. The summed E-state index contributed by atoms with van der Waals surface area (Å²) < 4.78 is 5.76. The third-order valence-corrected chi connectivity index (χ3v) is 2.85. The van der Waals surface area contributed by atoms with Gasteiger partial charge in [0.25, 0.3) is 0 Å². The van der Waals surface area contributed by atoms with Crippen LogP contribution in [0.1, 0.15) is 12.6 Å². The number of hydrogen-bond acceptors (Lipinski definition) is 3. The number of nitrogens with one attached hydrogen (secondary N) is 2. The molecular formula is C14H15N3O. The van der Waals surface area contributed by atoms with Crippen molar-refractivity contribution in [3.63, 3.8) is 0 Å². The summed E-state index contributed by atoms with van der Waals surface area (Å²) in [6.07, 6.45) is 1.84. The lowest BCUT2D eigenvalue weighted by atomic mass is 10.2. The van der Waals surface area contributed by atoms with Gasteiger partial charge in [0.15, 0.2) is 11.6 Å². The smallest absolute Gasteiger partial charge is 0.173 e. The number of H-pyrrole nitrogens is 1. The molecule has 0 spiro atoms. The Morgan fingerprint density at radius 3 is 3.06 bits per heavy atom. The monoisotopic (exact) mass is 241 g/mol. The van der Waals surface area contributed by atoms with Gasteiger partial charge >= 0.3 is 0 Å². The number of fused-ring (bicyclic) bond motifs is 1. The molecular weight excluding hydrogens is 226 g/mol. The number of aromatic amines is 1. The number of furan rings is 1. The molecule has 3 aromatic rings. The second kappa shape index (κ2) is 4.66. The third kappa shape index (κ3) is 2.02. The summed E-state index contributed by atoms with van der Waals surface area (Å²) in [5.41, 5.74) is 1.95. The maximum atomic E-state index is 5.76. The van der Waals surface area contributed by atoms with Crippen molar-refractivity contribution in [3.8, 4) is 11.6 Å². The SMILES string of the molecule is CCNCc1cnc(-c2cc3ccccc3o2)[nH]1. The standard InChI is InChI=1S/C14H15N3O/c1-2-15-8-11-9-16-14(17-11)13-7-10-5-3-4-6-12(10)18-13/h3-7,9,15H,2,8H2,1H3,(H,16,17). The van der Waals surface area contributed by atoms with Gasteiger partial charge in [-0.2, -0.15) is 0 Å². The van der Waals surface area contributed by atoms with Crippen LogP contribution in [0, 0.1) is 0 Å². The van der Waals surface area contributed by atoms with E-state index in [1.54, 1.807) is 0 Å². The highest BCUT2D eigenvalue weighted by Crippen LogP contribution is 2.25. The van der Waals surface area contributed by atoms with Gasteiger partial charge in [-0.1, -0.05) is 25.1 Å². The van der Waals surface area contributed by atoms with Gasteiger partial charge in [0.1, 0.15) is 5.58 Å². The quantitative estimate of drug-likeness (QED) is 0.738. The van der Waals surface area contributed by atoms with Crippen molar-refractivity contribution in [3.05, 3.63) is 42.2 Å². The Morgan fingerprint density at radius 1 is 1.33 bits per heavy atom. The molecule has 2 N–H and O–H groups in total. The molecule has 0 bridgehead atoms. The molecule has 0 amide bonds. The van der Waals surface area contributed by atoms with Crippen molar-refractivity contribution in [1.29, 1.82) is 0 Å². The van der Waals surface area contributed by atoms with Gasteiger partial charge in [-0.15, -0.1) is 0 Å². The molecule has 92 valence electrons. The summed E-state index contributed by atoms with van der Waals surface area (Å²) in [6.45, 7) is 3.82. The molecule has 0 saturated heterocycles. The fraction of sp³-hybridized carbons (Fsp3) is 0.214. The van der Waals surface area contributed by atoms with Gasteiger partial charge in [0.05, 0.1) is 6.20 Å². The summed E-state index contributed by atoms with van der Waals surface area (Å²) in [5.74, 6) is 1.55. The van der Waals surface area contributed by atoms with Crippen molar-refractivity contribution in [2.24, 2.45) is 0 Å².